The number of hydrogen-bond donors (Lipinski definition) is 0. The lowest BCUT2D eigenvalue weighted by Crippen LogP contribution is -2.43. The standard InChI is InChI=1S/C13H14Cl2FNO/c1-8-7-17(5-4-11(8)15)13(18)10-6-9(14)2-3-12(10)16/h2-3,6,8,11H,4-5,7H2,1H3. The first-order valence-corrected chi connectivity index (χ1v) is 6.69. The van der Waals surface area contributed by atoms with Crippen molar-refractivity contribution >= 4 is 29.1 Å². The summed E-state index contributed by atoms with van der Waals surface area (Å²) in [6, 6.07) is 4.02. The topological polar surface area (TPSA) is 20.3 Å². The van der Waals surface area contributed by atoms with E-state index in [-0.39, 0.29) is 22.8 Å². The van der Waals surface area contributed by atoms with Crippen molar-refractivity contribution in [3.8, 4) is 0 Å². The van der Waals surface area contributed by atoms with Crippen LogP contribution in [0, 0.1) is 11.7 Å². The monoisotopic (exact) mass is 289 g/mol. The molecule has 1 fully saturated rings. The van der Waals surface area contributed by atoms with Crippen LogP contribution in [0.2, 0.25) is 5.02 Å². The molecule has 0 aromatic heterocycles. The first kappa shape index (κ1) is 13.6. The molecule has 0 bridgehead atoms. The van der Waals surface area contributed by atoms with Gasteiger partial charge in [0.2, 0.25) is 0 Å². The summed E-state index contributed by atoms with van der Waals surface area (Å²) in [6.07, 6.45) is 0.733. The van der Waals surface area contributed by atoms with E-state index in [0.29, 0.717) is 18.1 Å². The summed E-state index contributed by atoms with van der Waals surface area (Å²) < 4.78 is 13.6. The molecule has 1 heterocycles. The van der Waals surface area contributed by atoms with Crippen LogP contribution < -0.4 is 0 Å². The molecule has 1 aliphatic rings. The van der Waals surface area contributed by atoms with Gasteiger partial charge in [-0.15, -0.1) is 11.6 Å². The molecule has 2 atom stereocenters. The molecule has 2 nitrogen and oxygen atoms in total. The van der Waals surface area contributed by atoms with Gasteiger partial charge in [0.25, 0.3) is 5.91 Å². The van der Waals surface area contributed by atoms with Crippen molar-refractivity contribution in [2.45, 2.75) is 18.7 Å². The lowest BCUT2D eigenvalue weighted by atomic mass is 9.99. The molecule has 0 spiro atoms. The van der Waals surface area contributed by atoms with Crippen LogP contribution in [0.25, 0.3) is 0 Å². The summed E-state index contributed by atoms with van der Waals surface area (Å²) in [4.78, 5) is 13.8. The van der Waals surface area contributed by atoms with E-state index in [0.717, 1.165) is 6.42 Å². The Balaban J connectivity index is 2.19. The second-order valence-corrected chi connectivity index (χ2v) is 5.65. The number of carbonyl (C=O) groups excluding carboxylic acids is 1. The molecule has 18 heavy (non-hydrogen) atoms. The first-order valence-electron chi connectivity index (χ1n) is 5.87. The van der Waals surface area contributed by atoms with Crippen molar-refractivity contribution < 1.29 is 9.18 Å². The van der Waals surface area contributed by atoms with Crippen molar-refractivity contribution in [1.82, 2.24) is 4.90 Å². The molecule has 0 radical (unpaired) electrons. The fraction of sp³-hybridized carbons (Fsp3) is 0.462. The summed E-state index contributed by atoms with van der Waals surface area (Å²) in [7, 11) is 0. The minimum Gasteiger partial charge on any atom is -0.338 e. The minimum absolute atomic E-state index is 0.0303. The molecule has 0 saturated carbocycles. The highest BCUT2D eigenvalue weighted by Crippen LogP contribution is 2.24. The average molecular weight is 290 g/mol. The molecule has 1 saturated heterocycles. The van der Waals surface area contributed by atoms with Crippen LogP contribution in [0.5, 0.6) is 0 Å². The number of halogens is 3. The van der Waals surface area contributed by atoms with Crippen molar-refractivity contribution in [3.63, 3.8) is 0 Å². The van der Waals surface area contributed by atoms with Gasteiger partial charge < -0.3 is 4.90 Å². The average Bonchev–Trinajstić information content (AvgIpc) is 2.35. The van der Waals surface area contributed by atoms with Crippen LogP contribution in [0.15, 0.2) is 18.2 Å². The third-order valence-corrected chi connectivity index (χ3v) is 4.13. The van der Waals surface area contributed by atoms with E-state index < -0.39 is 5.82 Å². The maximum absolute atomic E-state index is 13.6. The highest BCUT2D eigenvalue weighted by molar-refractivity contribution is 6.31. The zero-order valence-electron chi connectivity index (χ0n) is 10.00. The first-order chi connectivity index (χ1) is 8.49. The highest BCUT2D eigenvalue weighted by atomic mass is 35.5. The van der Waals surface area contributed by atoms with Gasteiger partial charge in [0.1, 0.15) is 5.82 Å². The molecule has 1 amide bonds. The van der Waals surface area contributed by atoms with E-state index in [9.17, 15) is 9.18 Å². The molecule has 2 rings (SSSR count). The summed E-state index contributed by atoms with van der Waals surface area (Å²) >= 11 is 11.9. The Morgan fingerprint density at radius 2 is 2.22 bits per heavy atom. The quantitative estimate of drug-likeness (QED) is 0.724. The lowest BCUT2D eigenvalue weighted by Gasteiger charge is -2.34. The maximum Gasteiger partial charge on any atom is 0.256 e. The smallest absolute Gasteiger partial charge is 0.256 e. The van der Waals surface area contributed by atoms with Crippen LogP contribution in [0.1, 0.15) is 23.7 Å². The third kappa shape index (κ3) is 2.78. The van der Waals surface area contributed by atoms with E-state index in [2.05, 4.69) is 0 Å². The molecule has 0 N–H and O–H groups in total. The normalized spacial score (nSPS) is 24.1. The minimum atomic E-state index is -0.537. The van der Waals surface area contributed by atoms with E-state index >= 15 is 0 Å². The number of likely N-dealkylation sites (tertiary alicyclic amines) is 1. The molecule has 1 aromatic rings. The second-order valence-electron chi connectivity index (χ2n) is 4.66. The molecule has 2 unspecified atom stereocenters. The van der Waals surface area contributed by atoms with Gasteiger partial charge in [0.05, 0.1) is 5.56 Å². The number of alkyl halides is 1. The Hall–Kier alpha value is -0.800. The molecule has 5 heteroatoms. The Labute approximate surface area is 116 Å². The maximum atomic E-state index is 13.6. The lowest BCUT2D eigenvalue weighted by molar-refractivity contribution is 0.0682. The van der Waals surface area contributed by atoms with Crippen molar-refractivity contribution in [2.24, 2.45) is 5.92 Å². The molecule has 0 aliphatic carbocycles. The van der Waals surface area contributed by atoms with Gasteiger partial charge in [-0.2, -0.15) is 0 Å². The van der Waals surface area contributed by atoms with Gasteiger partial charge in [-0.25, -0.2) is 4.39 Å². The van der Waals surface area contributed by atoms with Gasteiger partial charge in [-0.1, -0.05) is 18.5 Å². The van der Waals surface area contributed by atoms with Crippen molar-refractivity contribution in [2.75, 3.05) is 13.1 Å². The number of rotatable bonds is 1. The van der Waals surface area contributed by atoms with Gasteiger partial charge >= 0.3 is 0 Å². The summed E-state index contributed by atoms with van der Waals surface area (Å²) in [5.74, 6) is -0.637. The number of amides is 1. The van der Waals surface area contributed by atoms with Gasteiger partial charge in [-0.3, -0.25) is 4.79 Å². The zero-order valence-corrected chi connectivity index (χ0v) is 11.5. The van der Waals surface area contributed by atoms with E-state index in [1.165, 1.54) is 18.2 Å². The van der Waals surface area contributed by atoms with Gasteiger partial charge in [-0.05, 0) is 30.5 Å². The van der Waals surface area contributed by atoms with E-state index in [1.54, 1.807) is 4.90 Å². The van der Waals surface area contributed by atoms with Crippen LogP contribution in [-0.4, -0.2) is 29.3 Å². The second kappa shape index (κ2) is 5.45. The number of carbonyl (C=O) groups is 1. The largest absolute Gasteiger partial charge is 0.338 e. The predicted molar refractivity (Wildman–Crippen MR) is 70.7 cm³/mol. The van der Waals surface area contributed by atoms with Crippen LogP contribution in [0.4, 0.5) is 4.39 Å². The summed E-state index contributed by atoms with van der Waals surface area (Å²) in [6.45, 7) is 3.10. The van der Waals surface area contributed by atoms with Gasteiger partial charge in [0.15, 0.2) is 0 Å². The van der Waals surface area contributed by atoms with E-state index in [4.69, 9.17) is 23.2 Å². The number of benzene rings is 1. The Bertz CT molecular complexity index is 466. The third-order valence-electron chi connectivity index (χ3n) is 3.25. The molecule has 1 aromatic carbocycles. The van der Waals surface area contributed by atoms with Crippen LogP contribution in [0.3, 0.4) is 0 Å². The molecule has 98 valence electrons. The Kier molecular flexibility index (Phi) is 4.13. The molecule has 1 aliphatic heterocycles. The van der Waals surface area contributed by atoms with Gasteiger partial charge in [0, 0.05) is 23.5 Å². The number of nitrogens with zero attached hydrogens (tertiary/aromatic N) is 1. The fourth-order valence-electron chi connectivity index (χ4n) is 2.13. The van der Waals surface area contributed by atoms with Crippen LogP contribution in [-0.2, 0) is 0 Å². The summed E-state index contributed by atoms with van der Waals surface area (Å²) in [5, 5.41) is 0.443. The van der Waals surface area contributed by atoms with Crippen molar-refractivity contribution in [3.05, 3.63) is 34.6 Å². The zero-order chi connectivity index (χ0) is 13.3. The Morgan fingerprint density at radius 1 is 1.50 bits per heavy atom. The Morgan fingerprint density at radius 3 is 2.89 bits per heavy atom. The number of hydrogen-bond acceptors (Lipinski definition) is 1. The fourth-order valence-corrected chi connectivity index (χ4v) is 2.48. The van der Waals surface area contributed by atoms with E-state index in [1.807, 2.05) is 6.92 Å². The summed E-state index contributed by atoms with van der Waals surface area (Å²) in [5.41, 5.74) is 0.0303. The number of piperidine rings is 1. The van der Waals surface area contributed by atoms with Crippen molar-refractivity contribution in [1.29, 1.82) is 0 Å². The predicted octanol–water partition coefficient (Wildman–Crippen LogP) is 3.57. The highest BCUT2D eigenvalue weighted by Gasteiger charge is 2.28. The molecular weight excluding hydrogens is 276 g/mol. The SMILES string of the molecule is CC1CN(C(=O)c2cc(Cl)ccc2F)CCC1Cl. The molecular formula is C13H14Cl2FNO. The van der Waals surface area contributed by atoms with Crippen LogP contribution >= 0.6 is 23.2 Å².